The number of hydrogen-bond donors (Lipinski definition) is 1. The molecule has 1 fully saturated rings. The summed E-state index contributed by atoms with van der Waals surface area (Å²) >= 11 is 0. The highest BCUT2D eigenvalue weighted by molar-refractivity contribution is 5.73. The average Bonchev–Trinajstić information content (AvgIpc) is 3.09. The van der Waals surface area contributed by atoms with Crippen molar-refractivity contribution in [2.75, 3.05) is 13.1 Å². The second-order valence-corrected chi connectivity index (χ2v) is 5.63. The Morgan fingerprint density at radius 2 is 2.24 bits per heavy atom. The maximum atomic E-state index is 11.3. The van der Waals surface area contributed by atoms with Crippen LogP contribution in [0.2, 0.25) is 0 Å². The van der Waals surface area contributed by atoms with Crippen molar-refractivity contribution in [1.29, 1.82) is 0 Å². The SMILES string of the molecule is CC(=O)N1CCC(Cc2cnc(-c3cn[nH]c3C)cn2)C1. The van der Waals surface area contributed by atoms with E-state index in [1.807, 2.05) is 18.0 Å². The van der Waals surface area contributed by atoms with E-state index in [1.54, 1.807) is 19.3 Å². The molecule has 0 aliphatic carbocycles. The lowest BCUT2D eigenvalue weighted by atomic mass is 10.0. The first kappa shape index (κ1) is 13.7. The van der Waals surface area contributed by atoms with E-state index >= 15 is 0 Å². The second kappa shape index (κ2) is 5.63. The Morgan fingerprint density at radius 3 is 2.81 bits per heavy atom. The average molecular weight is 285 g/mol. The number of amides is 1. The summed E-state index contributed by atoms with van der Waals surface area (Å²) in [5.41, 5.74) is 3.79. The minimum absolute atomic E-state index is 0.161. The molecule has 2 aromatic rings. The first-order valence-electron chi connectivity index (χ1n) is 7.20. The summed E-state index contributed by atoms with van der Waals surface area (Å²) in [6.07, 6.45) is 7.31. The zero-order chi connectivity index (χ0) is 14.8. The van der Waals surface area contributed by atoms with Crippen LogP contribution in [0.3, 0.4) is 0 Å². The minimum Gasteiger partial charge on any atom is -0.343 e. The van der Waals surface area contributed by atoms with E-state index in [-0.39, 0.29) is 5.91 Å². The van der Waals surface area contributed by atoms with Crippen LogP contribution in [0.15, 0.2) is 18.6 Å². The molecule has 1 saturated heterocycles. The fraction of sp³-hybridized carbons (Fsp3) is 0.467. The van der Waals surface area contributed by atoms with E-state index in [0.717, 1.165) is 48.6 Å². The van der Waals surface area contributed by atoms with Crippen LogP contribution in [0, 0.1) is 12.8 Å². The number of hydrogen-bond acceptors (Lipinski definition) is 4. The van der Waals surface area contributed by atoms with Crippen LogP contribution in [0.5, 0.6) is 0 Å². The third-order valence-corrected chi connectivity index (χ3v) is 4.04. The van der Waals surface area contributed by atoms with E-state index in [0.29, 0.717) is 5.92 Å². The molecular formula is C15H19N5O. The third-order valence-electron chi connectivity index (χ3n) is 4.04. The van der Waals surface area contributed by atoms with Gasteiger partial charge in [0.1, 0.15) is 0 Å². The molecule has 6 nitrogen and oxygen atoms in total. The molecule has 1 aliphatic rings. The summed E-state index contributed by atoms with van der Waals surface area (Å²) in [5.74, 6) is 0.652. The number of H-pyrrole nitrogens is 1. The van der Waals surface area contributed by atoms with Crippen molar-refractivity contribution < 1.29 is 4.79 Å². The lowest BCUT2D eigenvalue weighted by Gasteiger charge is -2.13. The predicted octanol–water partition coefficient (Wildman–Crippen LogP) is 1.59. The number of aryl methyl sites for hydroxylation is 1. The molecule has 21 heavy (non-hydrogen) atoms. The number of carbonyl (C=O) groups is 1. The quantitative estimate of drug-likeness (QED) is 0.929. The Morgan fingerprint density at radius 1 is 1.38 bits per heavy atom. The highest BCUT2D eigenvalue weighted by atomic mass is 16.2. The van der Waals surface area contributed by atoms with Gasteiger partial charge >= 0.3 is 0 Å². The van der Waals surface area contributed by atoms with Crippen LogP contribution in [0.25, 0.3) is 11.3 Å². The monoisotopic (exact) mass is 285 g/mol. The van der Waals surface area contributed by atoms with Gasteiger partial charge in [-0.2, -0.15) is 5.10 Å². The Hall–Kier alpha value is -2.24. The predicted molar refractivity (Wildman–Crippen MR) is 78.4 cm³/mol. The first-order valence-corrected chi connectivity index (χ1v) is 7.20. The minimum atomic E-state index is 0.161. The molecular weight excluding hydrogens is 266 g/mol. The lowest BCUT2D eigenvalue weighted by Crippen LogP contribution is -2.26. The number of rotatable bonds is 3. The first-order chi connectivity index (χ1) is 10.1. The van der Waals surface area contributed by atoms with Crippen molar-refractivity contribution in [3.05, 3.63) is 30.0 Å². The second-order valence-electron chi connectivity index (χ2n) is 5.63. The van der Waals surface area contributed by atoms with E-state index in [2.05, 4.69) is 20.2 Å². The fourth-order valence-corrected chi connectivity index (χ4v) is 2.79. The van der Waals surface area contributed by atoms with Gasteiger partial charge in [-0.05, 0) is 25.7 Å². The number of nitrogens with zero attached hydrogens (tertiary/aromatic N) is 4. The van der Waals surface area contributed by atoms with Crippen molar-refractivity contribution in [2.45, 2.75) is 26.7 Å². The molecule has 110 valence electrons. The van der Waals surface area contributed by atoms with Gasteiger partial charge in [-0.3, -0.25) is 19.9 Å². The van der Waals surface area contributed by atoms with E-state index in [9.17, 15) is 4.79 Å². The summed E-state index contributed by atoms with van der Waals surface area (Å²) in [6, 6.07) is 0. The zero-order valence-electron chi connectivity index (χ0n) is 12.3. The Balaban J connectivity index is 1.66. The van der Waals surface area contributed by atoms with Gasteiger partial charge in [0.2, 0.25) is 5.91 Å². The van der Waals surface area contributed by atoms with E-state index in [4.69, 9.17) is 0 Å². The third kappa shape index (κ3) is 2.94. The molecule has 0 aromatic carbocycles. The summed E-state index contributed by atoms with van der Waals surface area (Å²) < 4.78 is 0. The molecule has 0 bridgehead atoms. The molecule has 1 atom stereocenters. The van der Waals surface area contributed by atoms with Crippen molar-refractivity contribution in [2.24, 2.45) is 5.92 Å². The summed E-state index contributed by atoms with van der Waals surface area (Å²) in [7, 11) is 0. The highest BCUT2D eigenvalue weighted by Gasteiger charge is 2.24. The molecule has 3 rings (SSSR count). The smallest absolute Gasteiger partial charge is 0.219 e. The molecule has 0 saturated carbocycles. The van der Waals surface area contributed by atoms with Crippen LogP contribution in [-0.4, -0.2) is 44.1 Å². The van der Waals surface area contributed by atoms with Crippen molar-refractivity contribution in [3.63, 3.8) is 0 Å². The summed E-state index contributed by atoms with van der Waals surface area (Å²) in [4.78, 5) is 22.2. The highest BCUT2D eigenvalue weighted by Crippen LogP contribution is 2.21. The molecule has 1 aliphatic heterocycles. The largest absolute Gasteiger partial charge is 0.343 e. The fourth-order valence-electron chi connectivity index (χ4n) is 2.79. The van der Waals surface area contributed by atoms with Crippen LogP contribution in [-0.2, 0) is 11.2 Å². The van der Waals surface area contributed by atoms with Gasteiger partial charge in [0.25, 0.3) is 0 Å². The lowest BCUT2D eigenvalue weighted by molar-refractivity contribution is -0.127. The number of nitrogens with one attached hydrogen (secondary N) is 1. The van der Waals surface area contributed by atoms with Crippen LogP contribution in [0.1, 0.15) is 24.7 Å². The molecule has 3 heterocycles. The Kier molecular flexibility index (Phi) is 3.68. The van der Waals surface area contributed by atoms with Gasteiger partial charge in [0.15, 0.2) is 0 Å². The zero-order valence-corrected chi connectivity index (χ0v) is 12.3. The number of aromatic nitrogens is 4. The summed E-state index contributed by atoms with van der Waals surface area (Å²) in [5, 5.41) is 6.90. The topological polar surface area (TPSA) is 74.8 Å². The van der Waals surface area contributed by atoms with E-state index < -0.39 is 0 Å². The standard InChI is InChI=1S/C15H19N5O/c1-10-14(7-18-19-10)15-8-16-13(6-17-15)5-12-3-4-20(9-12)11(2)21/h6-8,12H,3-5,9H2,1-2H3,(H,18,19). The maximum absolute atomic E-state index is 11.3. The maximum Gasteiger partial charge on any atom is 0.219 e. The van der Waals surface area contributed by atoms with Crippen molar-refractivity contribution in [1.82, 2.24) is 25.1 Å². The number of likely N-dealkylation sites (tertiary alicyclic amines) is 1. The normalized spacial score (nSPS) is 18.2. The molecule has 2 aromatic heterocycles. The van der Waals surface area contributed by atoms with Gasteiger partial charge in [-0.15, -0.1) is 0 Å². The molecule has 1 N–H and O–H groups in total. The Bertz CT molecular complexity index is 634. The van der Waals surface area contributed by atoms with Gasteiger partial charge < -0.3 is 4.90 Å². The van der Waals surface area contributed by atoms with Gasteiger partial charge in [0.05, 0.1) is 23.8 Å². The Labute approximate surface area is 123 Å². The molecule has 0 spiro atoms. The van der Waals surface area contributed by atoms with Gasteiger partial charge in [0, 0.05) is 37.5 Å². The number of carbonyl (C=O) groups excluding carboxylic acids is 1. The number of aromatic amines is 1. The molecule has 0 radical (unpaired) electrons. The van der Waals surface area contributed by atoms with Crippen molar-refractivity contribution >= 4 is 5.91 Å². The van der Waals surface area contributed by atoms with Gasteiger partial charge in [-0.25, -0.2) is 0 Å². The molecule has 1 amide bonds. The van der Waals surface area contributed by atoms with Crippen LogP contribution in [0.4, 0.5) is 0 Å². The van der Waals surface area contributed by atoms with Crippen LogP contribution >= 0.6 is 0 Å². The molecule has 1 unspecified atom stereocenters. The van der Waals surface area contributed by atoms with Gasteiger partial charge in [-0.1, -0.05) is 0 Å². The van der Waals surface area contributed by atoms with E-state index in [1.165, 1.54) is 0 Å². The van der Waals surface area contributed by atoms with Crippen LogP contribution < -0.4 is 0 Å². The van der Waals surface area contributed by atoms with Crippen molar-refractivity contribution in [3.8, 4) is 11.3 Å². The molecule has 6 heteroatoms. The summed E-state index contributed by atoms with van der Waals surface area (Å²) in [6.45, 7) is 5.29.